The molecule has 4 rings (SSSR count). The Balaban J connectivity index is 2.11. The first-order valence-corrected chi connectivity index (χ1v) is 5.92. The second-order valence-electron chi connectivity index (χ2n) is 4.80. The van der Waals surface area contributed by atoms with Crippen LogP contribution in [-0.4, -0.2) is 0 Å². The Morgan fingerprint density at radius 2 is 1.28 bits per heavy atom. The Bertz CT molecular complexity index is 750. The summed E-state index contributed by atoms with van der Waals surface area (Å²) in [5.74, 6) is 0.233. The average Bonchev–Trinajstić information content (AvgIpc) is 2.64. The molecule has 0 bridgehead atoms. The highest BCUT2D eigenvalue weighted by atomic mass is 14.5. The van der Waals surface area contributed by atoms with Crippen LogP contribution in [0, 0.1) is 22.7 Å². The first kappa shape index (κ1) is 9.45. The summed E-state index contributed by atoms with van der Waals surface area (Å²) in [6, 6.07) is 16.8. The van der Waals surface area contributed by atoms with E-state index in [0.29, 0.717) is 11.1 Å². The van der Waals surface area contributed by atoms with E-state index in [9.17, 15) is 10.5 Å². The second-order valence-corrected chi connectivity index (χ2v) is 4.80. The summed E-state index contributed by atoms with van der Waals surface area (Å²) in [6.45, 7) is 0. The number of allylic oxidation sites excluding steroid dienone is 2. The molecule has 0 spiro atoms. The molecule has 2 unspecified atom stereocenters. The van der Waals surface area contributed by atoms with E-state index in [2.05, 4.69) is 36.4 Å². The zero-order chi connectivity index (χ0) is 12.3. The van der Waals surface area contributed by atoms with Crippen molar-refractivity contribution in [1.29, 1.82) is 10.5 Å². The highest BCUT2D eigenvalue weighted by Gasteiger charge is 2.48. The number of rotatable bonds is 0. The van der Waals surface area contributed by atoms with Gasteiger partial charge in [-0.1, -0.05) is 36.4 Å². The lowest BCUT2D eigenvalue weighted by atomic mass is 9.67. The number of nitriles is 2. The third kappa shape index (κ3) is 0.848. The number of nitrogens with zero attached hydrogens (tertiary/aromatic N) is 2. The van der Waals surface area contributed by atoms with Gasteiger partial charge >= 0.3 is 0 Å². The summed E-state index contributed by atoms with van der Waals surface area (Å²) in [7, 11) is 0. The lowest BCUT2D eigenvalue weighted by Gasteiger charge is -2.31. The molecule has 0 saturated heterocycles. The van der Waals surface area contributed by atoms with Gasteiger partial charge in [0.25, 0.3) is 0 Å². The van der Waals surface area contributed by atoms with Gasteiger partial charge in [-0.2, -0.15) is 10.5 Å². The summed E-state index contributed by atoms with van der Waals surface area (Å²) in [5.41, 5.74) is 3.74. The summed E-state index contributed by atoms with van der Waals surface area (Å²) in [4.78, 5) is 0. The van der Waals surface area contributed by atoms with Crippen LogP contribution in [-0.2, 0) is 0 Å². The van der Waals surface area contributed by atoms with E-state index < -0.39 is 0 Å². The van der Waals surface area contributed by atoms with Gasteiger partial charge < -0.3 is 0 Å². The molecule has 2 aliphatic rings. The Morgan fingerprint density at radius 3 is 1.72 bits per heavy atom. The Kier molecular flexibility index (Phi) is 1.58. The minimum absolute atomic E-state index is 0.116. The van der Waals surface area contributed by atoms with Crippen LogP contribution in [0.3, 0.4) is 0 Å². The average molecular weight is 228 g/mol. The van der Waals surface area contributed by atoms with Crippen molar-refractivity contribution in [2.24, 2.45) is 0 Å². The fourth-order valence-electron chi connectivity index (χ4n) is 3.42. The molecule has 0 N–H and O–H groups in total. The quantitative estimate of drug-likeness (QED) is 0.694. The number of hydrogen-bond donors (Lipinski definition) is 0. The van der Waals surface area contributed by atoms with Gasteiger partial charge in [0.05, 0.1) is 23.3 Å². The van der Waals surface area contributed by atoms with Gasteiger partial charge in [-0.25, -0.2) is 0 Å². The Labute approximate surface area is 104 Å². The SMILES string of the molecule is N#CC1=C(C#N)C2c3cccc4cccc(c34)C12. The van der Waals surface area contributed by atoms with E-state index in [1.807, 2.05) is 12.1 Å². The normalized spacial score (nSPS) is 23.2. The smallest absolute Gasteiger partial charge is 0.0964 e. The molecule has 2 nitrogen and oxygen atoms in total. The van der Waals surface area contributed by atoms with E-state index in [1.54, 1.807) is 0 Å². The lowest BCUT2D eigenvalue weighted by molar-refractivity contribution is 0.647. The van der Waals surface area contributed by atoms with Crippen molar-refractivity contribution in [1.82, 2.24) is 0 Å². The van der Waals surface area contributed by atoms with Crippen LogP contribution in [0.1, 0.15) is 23.0 Å². The topological polar surface area (TPSA) is 47.6 Å². The van der Waals surface area contributed by atoms with E-state index in [4.69, 9.17) is 0 Å². The molecule has 0 aliphatic heterocycles. The summed E-state index contributed by atoms with van der Waals surface area (Å²) < 4.78 is 0. The number of hydrogen-bond acceptors (Lipinski definition) is 2. The molecule has 0 saturated carbocycles. The summed E-state index contributed by atoms with van der Waals surface area (Å²) in [5, 5.41) is 20.9. The first-order valence-electron chi connectivity index (χ1n) is 5.92. The van der Waals surface area contributed by atoms with Crippen LogP contribution in [0.15, 0.2) is 47.5 Å². The van der Waals surface area contributed by atoms with Crippen molar-refractivity contribution in [3.8, 4) is 12.1 Å². The van der Waals surface area contributed by atoms with Crippen LogP contribution >= 0.6 is 0 Å². The lowest BCUT2D eigenvalue weighted by Crippen LogP contribution is -2.22. The van der Waals surface area contributed by atoms with Crippen molar-refractivity contribution in [2.75, 3.05) is 0 Å². The van der Waals surface area contributed by atoms with Crippen molar-refractivity contribution in [3.63, 3.8) is 0 Å². The van der Waals surface area contributed by atoms with Crippen LogP contribution < -0.4 is 0 Å². The zero-order valence-corrected chi connectivity index (χ0v) is 9.51. The van der Waals surface area contributed by atoms with Crippen LogP contribution in [0.4, 0.5) is 0 Å². The molecule has 82 valence electrons. The standard InChI is InChI=1S/C16H8N2/c17-7-12-13(8-18)16-11-6-2-4-9-3-1-5-10(14(9)11)15(12)16/h1-6,15-16H. The van der Waals surface area contributed by atoms with E-state index in [1.165, 1.54) is 21.9 Å². The van der Waals surface area contributed by atoms with Gasteiger partial charge in [0.1, 0.15) is 0 Å². The molecule has 0 aromatic heterocycles. The maximum Gasteiger partial charge on any atom is 0.0964 e. The van der Waals surface area contributed by atoms with Crippen molar-refractivity contribution in [3.05, 3.63) is 58.7 Å². The molecule has 2 atom stereocenters. The van der Waals surface area contributed by atoms with E-state index in [0.717, 1.165) is 0 Å². The minimum atomic E-state index is 0.116. The molecule has 0 fully saturated rings. The largest absolute Gasteiger partial charge is 0.193 e. The highest BCUT2D eigenvalue weighted by molar-refractivity contribution is 5.95. The van der Waals surface area contributed by atoms with Gasteiger partial charge in [-0.15, -0.1) is 0 Å². The number of benzene rings is 2. The fourth-order valence-corrected chi connectivity index (χ4v) is 3.42. The third-order valence-corrected chi connectivity index (χ3v) is 4.13. The third-order valence-electron chi connectivity index (χ3n) is 4.13. The van der Waals surface area contributed by atoms with Gasteiger partial charge in [0.15, 0.2) is 0 Å². The molecule has 2 aromatic rings. The van der Waals surface area contributed by atoms with Gasteiger partial charge in [0.2, 0.25) is 0 Å². The Hall–Kier alpha value is -2.58. The molecular weight excluding hydrogens is 220 g/mol. The van der Waals surface area contributed by atoms with Gasteiger partial charge in [-0.05, 0) is 21.9 Å². The molecule has 0 radical (unpaired) electrons. The van der Waals surface area contributed by atoms with Gasteiger partial charge in [-0.3, -0.25) is 0 Å². The fraction of sp³-hybridized carbons (Fsp3) is 0.125. The molecule has 18 heavy (non-hydrogen) atoms. The predicted molar refractivity (Wildman–Crippen MR) is 67.7 cm³/mol. The summed E-state index contributed by atoms with van der Waals surface area (Å²) >= 11 is 0. The highest BCUT2D eigenvalue weighted by Crippen LogP contribution is 2.60. The maximum atomic E-state index is 9.21. The monoisotopic (exact) mass is 228 g/mol. The van der Waals surface area contributed by atoms with Crippen LogP contribution in [0.25, 0.3) is 10.8 Å². The van der Waals surface area contributed by atoms with Gasteiger partial charge in [0, 0.05) is 11.8 Å². The molecule has 2 aliphatic carbocycles. The zero-order valence-electron chi connectivity index (χ0n) is 9.51. The van der Waals surface area contributed by atoms with Crippen molar-refractivity contribution in [2.45, 2.75) is 11.8 Å². The minimum Gasteiger partial charge on any atom is -0.193 e. The molecule has 0 amide bonds. The summed E-state index contributed by atoms with van der Waals surface area (Å²) in [6.07, 6.45) is 0. The van der Waals surface area contributed by atoms with Crippen LogP contribution in [0.5, 0.6) is 0 Å². The number of fused-ring (bicyclic) bond motifs is 3. The van der Waals surface area contributed by atoms with Crippen LogP contribution in [0.2, 0.25) is 0 Å². The molecule has 2 heteroatoms. The second kappa shape index (κ2) is 3.00. The van der Waals surface area contributed by atoms with Crippen molar-refractivity contribution >= 4 is 10.8 Å². The molecular formula is C16H8N2. The maximum absolute atomic E-state index is 9.21. The van der Waals surface area contributed by atoms with Crippen molar-refractivity contribution < 1.29 is 0 Å². The predicted octanol–water partition coefficient (Wildman–Crippen LogP) is 3.38. The molecule has 0 heterocycles. The molecule has 2 aromatic carbocycles. The first-order chi connectivity index (χ1) is 8.86. The Morgan fingerprint density at radius 1 is 0.778 bits per heavy atom. The van der Waals surface area contributed by atoms with E-state index >= 15 is 0 Å². The van der Waals surface area contributed by atoms with E-state index in [-0.39, 0.29) is 11.8 Å².